The summed E-state index contributed by atoms with van der Waals surface area (Å²) in [6.45, 7) is 3.59. The van der Waals surface area contributed by atoms with Crippen molar-refractivity contribution in [3.05, 3.63) is 59.3 Å². The zero-order chi connectivity index (χ0) is 19.7. The van der Waals surface area contributed by atoms with Gasteiger partial charge in [-0.3, -0.25) is 4.79 Å². The van der Waals surface area contributed by atoms with E-state index < -0.39 is 0 Å². The summed E-state index contributed by atoms with van der Waals surface area (Å²) in [5, 5.41) is 1.23. The number of H-pyrrole nitrogens is 1. The molecular weight excluding hydrogens is 352 g/mol. The quantitative estimate of drug-likeness (QED) is 0.727. The minimum absolute atomic E-state index is 0.0221. The number of carbonyl (C=O) groups excluding carboxylic acids is 1. The third-order valence-electron chi connectivity index (χ3n) is 5.54. The van der Waals surface area contributed by atoms with E-state index in [0.717, 1.165) is 24.9 Å². The predicted molar refractivity (Wildman–Crippen MR) is 110 cm³/mol. The lowest BCUT2D eigenvalue weighted by atomic mass is 9.94. The zero-order valence-electron chi connectivity index (χ0n) is 16.6. The van der Waals surface area contributed by atoms with Crippen LogP contribution in [0.15, 0.2) is 42.5 Å². The van der Waals surface area contributed by atoms with Crippen LogP contribution in [0.2, 0.25) is 0 Å². The third kappa shape index (κ3) is 3.57. The summed E-state index contributed by atoms with van der Waals surface area (Å²) in [7, 11) is 3.19. The Labute approximate surface area is 165 Å². The number of fused-ring (bicyclic) bond motifs is 1. The van der Waals surface area contributed by atoms with Gasteiger partial charge in [-0.15, -0.1) is 0 Å². The molecule has 1 aliphatic rings. The van der Waals surface area contributed by atoms with E-state index in [9.17, 15) is 4.79 Å². The molecule has 0 radical (unpaired) electrons. The van der Waals surface area contributed by atoms with Crippen LogP contribution in [-0.4, -0.2) is 43.1 Å². The zero-order valence-corrected chi connectivity index (χ0v) is 16.6. The van der Waals surface area contributed by atoms with Gasteiger partial charge in [0.25, 0.3) is 5.91 Å². The van der Waals surface area contributed by atoms with E-state index in [1.54, 1.807) is 32.4 Å². The van der Waals surface area contributed by atoms with Crippen molar-refractivity contribution >= 4 is 16.8 Å². The molecular formula is C23H26N2O3. The number of amides is 1. The number of aromatic nitrogens is 1. The van der Waals surface area contributed by atoms with E-state index in [1.165, 1.54) is 16.6 Å². The summed E-state index contributed by atoms with van der Waals surface area (Å²) in [4.78, 5) is 18.6. The van der Waals surface area contributed by atoms with Gasteiger partial charge in [0.1, 0.15) is 11.5 Å². The van der Waals surface area contributed by atoms with Crippen molar-refractivity contribution in [3.8, 4) is 11.5 Å². The molecule has 28 heavy (non-hydrogen) atoms. The molecule has 0 saturated carbocycles. The van der Waals surface area contributed by atoms with Gasteiger partial charge in [0.05, 0.1) is 14.2 Å². The maximum atomic E-state index is 13.1. The van der Waals surface area contributed by atoms with Gasteiger partial charge in [-0.2, -0.15) is 0 Å². The molecule has 1 fully saturated rings. The van der Waals surface area contributed by atoms with Crippen molar-refractivity contribution in [1.29, 1.82) is 0 Å². The van der Waals surface area contributed by atoms with E-state index in [0.29, 0.717) is 29.5 Å². The monoisotopic (exact) mass is 378 g/mol. The molecule has 5 nitrogen and oxygen atoms in total. The fourth-order valence-electron chi connectivity index (χ4n) is 4.02. The summed E-state index contributed by atoms with van der Waals surface area (Å²) < 4.78 is 10.6. The summed E-state index contributed by atoms with van der Waals surface area (Å²) in [6.07, 6.45) is 2.07. The number of rotatable bonds is 4. The number of nitrogens with one attached hydrogen (secondary N) is 1. The molecule has 1 aliphatic heterocycles. The number of ether oxygens (including phenoxy) is 2. The Morgan fingerprint density at radius 1 is 1.07 bits per heavy atom. The fraction of sp³-hybridized carbons (Fsp3) is 0.348. The second-order valence-electron chi connectivity index (χ2n) is 7.51. The number of hydrogen-bond acceptors (Lipinski definition) is 3. The summed E-state index contributed by atoms with van der Waals surface area (Å²) in [5.74, 6) is 1.59. The number of benzene rings is 2. The minimum Gasteiger partial charge on any atom is -0.497 e. The first kappa shape index (κ1) is 18.4. The maximum absolute atomic E-state index is 13.1. The number of likely N-dealkylation sites (tertiary alicyclic amines) is 1. The SMILES string of the molecule is COc1cc(OC)cc(C(=O)N2CCCC(c3cc4cc(C)ccc4[nH]3)C2)c1. The van der Waals surface area contributed by atoms with Crippen LogP contribution in [0.3, 0.4) is 0 Å². The van der Waals surface area contributed by atoms with Crippen LogP contribution in [0.25, 0.3) is 10.9 Å². The molecule has 0 aliphatic carbocycles. The summed E-state index contributed by atoms with van der Waals surface area (Å²) >= 11 is 0. The van der Waals surface area contributed by atoms with Crippen LogP contribution in [-0.2, 0) is 0 Å². The van der Waals surface area contributed by atoms with Crippen LogP contribution >= 0.6 is 0 Å². The summed E-state index contributed by atoms with van der Waals surface area (Å²) in [5.41, 5.74) is 4.22. The molecule has 1 aromatic heterocycles. The first-order valence-corrected chi connectivity index (χ1v) is 9.69. The normalized spacial score (nSPS) is 17.0. The summed E-state index contributed by atoms with van der Waals surface area (Å²) in [6, 6.07) is 14.0. The number of hydrogen-bond donors (Lipinski definition) is 1. The Hall–Kier alpha value is -2.95. The Morgan fingerprint density at radius 3 is 2.54 bits per heavy atom. The number of piperidine rings is 1. The van der Waals surface area contributed by atoms with Crippen LogP contribution in [0.1, 0.15) is 40.4 Å². The van der Waals surface area contributed by atoms with Crippen LogP contribution in [0, 0.1) is 6.92 Å². The topological polar surface area (TPSA) is 54.6 Å². The minimum atomic E-state index is 0.0221. The Morgan fingerprint density at radius 2 is 1.82 bits per heavy atom. The van der Waals surface area contributed by atoms with Crippen LogP contribution in [0.4, 0.5) is 0 Å². The highest BCUT2D eigenvalue weighted by Gasteiger charge is 2.27. The van der Waals surface area contributed by atoms with Crippen LogP contribution in [0.5, 0.6) is 11.5 Å². The predicted octanol–water partition coefficient (Wildman–Crippen LogP) is 4.51. The lowest BCUT2D eigenvalue weighted by Crippen LogP contribution is -2.39. The van der Waals surface area contributed by atoms with Gasteiger partial charge in [0, 0.05) is 41.8 Å². The lowest BCUT2D eigenvalue weighted by molar-refractivity contribution is 0.0705. The first-order valence-electron chi connectivity index (χ1n) is 9.69. The highest BCUT2D eigenvalue weighted by Crippen LogP contribution is 2.31. The Balaban J connectivity index is 1.57. The van der Waals surface area contributed by atoms with E-state index in [4.69, 9.17) is 9.47 Å². The molecule has 146 valence electrons. The van der Waals surface area contributed by atoms with Gasteiger partial charge in [0.2, 0.25) is 0 Å². The second-order valence-corrected chi connectivity index (χ2v) is 7.51. The molecule has 4 rings (SSSR count). The first-order chi connectivity index (χ1) is 13.6. The smallest absolute Gasteiger partial charge is 0.254 e. The Bertz CT molecular complexity index is 986. The molecule has 0 bridgehead atoms. The highest BCUT2D eigenvalue weighted by molar-refractivity contribution is 5.95. The average molecular weight is 378 g/mol. The van der Waals surface area contributed by atoms with E-state index >= 15 is 0 Å². The fourth-order valence-corrected chi connectivity index (χ4v) is 4.02. The molecule has 5 heteroatoms. The largest absolute Gasteiger partial charge is 0.497 e. The van der Waals surface area contributed by atoms with Gasteiger partial charge in [-0.05, 0) is 55.5 Å². The third-order valence-corrected chi connectivity index (χ3v) is 5.54. The van der Waals surface area contributed by atoms with Crippen molar-refractivity contribution in [2.24, 2.45) is 0 Å². The number of aromatic amines is 1. The number of aryl methyl sites for hydroxylation is 1. The van der Waals surface area contributed by atoms with Crippen LogP contribution < -0.4 is 9.47 Å². The van der Waals surface area contributed by atoms with Crippen molar-refractivity contribution in [2.45, 2.75) is 25.7 Å². The number of nitrogens with zero attached hydrogens (tertiary/aromatic N) is 1. The average Bonchev–Trinajstić information content (AvgIpc) is 3.16. The maximum Gasteiger partial charge on any atom is 0.254 e. The van der Waals surface area contributed by atoms with Gasteiger partial charge in [-0.25, -0.2) is 0 Å². The molecule has 1 unspecified atom stereocenters. The molecule has 1 saturated heterocycles. The van der Waals surface area contributed by atoms with E-state index in [-0.39, 0.29) is 5.91 Å². The molecule has 1 amide bonds. The number of carbonyl (C=O) groups is 1. The van der Waals surface area contributed by atoms with Crippen molar-refractivity contribution in [3.63, 3.8) is 0 Å². The molecule has 3 aromatic rings. The van der Waals surface area contributed by atoms with Gasteiger partial charge < -0.3 is 19.4 Å². The molecule has 1 N–H and O–H groups in total. The van der Waals surface area contributed by atoms with E-state index in [2.05, 4.69) is 36.2 Å². The molecule has 2 aromatic carbocycles. The van der Waals surface area contributed by atoms with Crippen molar-refractivity contribution in [2.75, 3.05) is 27.3 Å². The second kappa shape index (κ2) is 7.58. The van der Waals surface area contributed by atoms with E-state index in [1.807, 2.05) is 4.90 Å². The molecule has 1 atom stereocenters. The van der Waals surface area contributed by atoms with Gasteiger partial charge in [-0.1, -0.05) is 11.6 Å². The lowest BCUT2D eigenvalue weighted by Gasteiger charge is -2.32. The highest BCUT2D eigenvalue weighted by atomic mass is 16.5. The molecule has 2 heterocycles. The van der Waals surface area contributed by atoms with Crippen molar-refractivity contribution < 1.29 is 14.3 Å². The number of methoxy groups -OCH3 is 2. The Kier molecular flexibility index (Phi) is 4.99. The van der Waals surface area contributed by atoms with Crippen molar-refractivity contribution in [1.82, 2.24) is 9.88 Å². The standard InChI is InChI=1S/C23H26N2O3/c1-15-6-7-21-17(9-15)12-22(24-21)16-5-4-8-25(14-16)23(26)18-10-19(27-2)13-20(11-18)28-3/h6-7,9-13,16,24H,4-5,8,14H2,1-3H3. The van der Waals surface area contributed by atoms with Gasteiger partial charge >= 0.3 is 0 Å². The van der Waals surface area contributed by atoms with Gasteiger partial charge in [0.15, 0.2) is 0 Å². The molecule has 0 spiro atoms.